The first-order valence-electron chi connectivity index (χ1n) is 33.9. The van der Waals surface area contributed by atoms with Gasteiger partial charge in [-0.25, -0.2) is 0 Å². The third-order valence-corrected chi connectivity index (χ3v) is 20.6. The Morgan fingerprint density at radius 2 is 0.360 bits per heavy atom. The van der Waals surface area contributed by atoms with Crippen LogP contribution in [0.25, 0.3) is 0 Å². The second kappa shape index (κ2) is 43.9. The predicted octanol–water partition coefficient (Wildman–Crippen LogP) is 1.38. The predicted molar refractivity (Wildman–Crippen MR) is 373 cm³/mol. The summed E-state index contributed by atoms with van der Waals surface area (Å²) in [5.74, 6) is 0. The quantitative estimate of drug-likeness (QED) is 0.417. The first-order valence-corrected chi connectivity index (χ1v) is 33.9. The topological polar surface area (TPSA) is 98.8 Å². The number of nitrogens with zero attached hydrogens (tertiary/aromatic N) is 18. The molecule has 0 amide bonds. The summed E-state index contributed by atoms with van der Waals surface area (Å²) >= 11 is 0. The van der Waals surface area contributed by atoms with Crippen LogP contribution in [0.3, 0.4) is 0 Å². The van der Waals surface area contributed by atoms with E-state index >= 15 is 0 Å². The second-order valence-electron chi connectivity index (χ2n) is 29.3. The van der Waals surface area contributed by atoms with E-state index in [0.717, 1.165) is 51.4 Å². The maximum absolute atomic E-state index is 8.91. The van der Waals surface area contributed by atoms with Gasteiger partial charge in [-0.1, -0.05) is 0 Å². The summed E-state index contributed by atoms with van der Waals surface area (Å²) in [4.78, 5) is 42.6. The minimum absolute atomic E-state index is 0.279. The van der Waals surface area contributed by atoms with Gasteiger partial charge >= 0.3 is 0 Å². The summed E-state index contributed by atoms with van der Waals surface area (Å²) in [7, 11) is 39.0. The van der Waals surface area contributed by atoms with E-state index in [1.54, 1.807) is 0 Å². The summed E-state index contributed by atoms with van der Waals surface area (Å²) in [6, 6.07) is 7.90. The lowest BCUT2D eigenvalue weighted by Crippen LogP contribution is -2.53. The van der Waals surface area contributed by atoms with Crippen molar-refractivity contribution >= 4 is 0 Å². The van der Waals surface area contributed by atoms with E-state index in [0.29, 0.717) is 60.4 Å². The zero-order valence-electron chi connectivity index (χ0n) is 62.3. The highest BCUT2D eigenvalue weighted by Crippen LogP contribution is 2.14. The smallest absolute Gasteiger partial charge is 0.0599 e. The molecule has 0 bridgehead atoms. The number of aliphatic hydroxyl groups excluding tert-OH is 2. The molecule has 0 saturated carbocycles. The number of hydrogen-bond acceptors (Lipinski definition) is 20. The van der Waals surface area contributed by atoms with E-state index in [-0.39, 0.29) is 13.2 Å². The van der Waals surface area contributed by atoms with Gasteiger partial charge in [0.2, 0.25) is 0 Å². The summed E-state index contributed by atoms with van der Waals surface area (Å²) in [5, 5.41) is 17.8. The molecule has 9 saturated heterocycles. The zero-order valence-corrected chi connectivity index (χ0v) is 62.3. The third-order valence-electron chi connectivity index (χ3n) is 20.6. The molecular formula is C66H150N18O2. The lowest BCUT2D eigenvalue weighted by Gasteiger charge is -2.40. The molecule has 86 heavy (non-hydrogen) atoms. The van der Waals surface area contributed by atoms with Gasteiger partial charge in [-0.15, -0.1) is 0 Å². The minimum atomic E-state index is 0.279. The largest absolute Gasteiger partial charge is 0.395 e. The van der Waals surface area contributed by atoms with Crippen LogP contribution in [0.5, 0.6) is 0 Å². The molecule has 9 heterocycles. The van der Waals surface area contributed by atoms with Crippen LogP contribution in [0, 0.1) is 0 Å². The van der Waals surface area contributed by atoms with Crippen molar-refractivity contribution < 1.29 is 10.2 Å². The average Bonchev–Trinajstić information content (AvgIpc) is 3.66. The van der Waals surface area contributed by atoms with Gasteiger partial charge < -0.3 is 69.0 Å². The average molecular weight is 1230 g/mol. The van der Waals surface area contributed by atoms with Crippen LogP contribution in [-0.2, 0) is 0 Å². The molecule has 0 unspecified atom stereocenters. The fourth-order valence-electron chi connectivity index (χ4n) is 12.6. The number of hydrogen-bond donors (Lipinski definition) is 2. The Morgan fingerprint density at radius 3 is 0.523 bits per heavy atom. The van der Waals surface area contributed by atoms with Crippen molar-refractivity contribution in [3.63, 3.8) is 0 Å². The molecule has 516 valence electrons. The van der Waals surface area contributed by atoms with Crippen molar-refractivity contribution in [2.75, 3.05) is 297 Å². The van der Waals surface area contributed by atoms with Crippen molar-refractivity contribution in [3.05, 3.63) is 0 Å². The molecular weight excluding hydrogens is 1080 g/mol. The molecule has 0 radical (unpaired) electrons. The molecule has 9 fully saturated rings. The van der Waals surface area contributed by atoms with Gasteiger partial charge in [0.15, 0.2) is 0 Å². The number of likely N-dealkylation sites (N-methyl/N-ethyl adjacent to an activating group) is 18. The standard InChI is InChI=1S/4C8H18N2.2C7H16N2O.2C7H16N2.C6H14N2/c4*1-7-5-9(3)6-8(2)10(7)4;2*1-8-3-4-9(2)7(5-8)6-10;2*1-7-6-8(2)4-5-9(7)3;1-7-3-5-8(2)6-4-7/h4*7-8H,5-6H2,1-4H3;2*7,10H,3-6H2,1-2H3;2*7H,4-6H2,1-3H3;3-6H2,1-2H3/t2*7-,8+;2*7-,8-;4*7-;/m..101010./s1. The Hall–Kier alpha value is -0.800. The molecule has 20 nitrogen and oxygen atoms in total. The molecule has 0 aromatic rings. The fraction of sp³-hybridized carbons (Fsp3) is 1.00. The first kappa shape index (κ1) is 83.2. The molecule has 20 heteroatoms. The number of aliphatic hydroxyl groups is 2. The molecule has 9 aliphatic rings. The monoisotopic (exact) mass is 1230 g/mol. The van der Waals surface area contributed by atoms with E-state index in [9.17, 15) is 0 Å². The lowest BCUT2D eigenvalue weighted by molar-refractivity contribution is 0.0704. The Kier molecular flexibility index (Phi) is 42.5. The van der Waals surface area contributed by atoms with Crippen molar-refractivity contribution in [1.82, 2.24) is 88.2 Å². The molecule has 9 aliphatic heterocycles. The molecule has 9 rings (SSSR count). The van der Waals surface area contributed by atoms with Crippen LogP contribution in [0.1, 0.15) is 69.2 Å². The van der Waals surface area contributed by atoms with Gasteiger partial charge in [0.05, 0.1) is 13.2 Å². The van der Waals surface area contributed by atoms with Crippen LogP contribution in [0.4, 0.5) is 0 Å². The summed E-state index contributed by atoms with van der Waals surface area (Å²) in [5.41, 5.74) is 0. The SMILES string of the molecule is CN1CCN(C)CC1.CN1CCN(C)[C@@H](CO)C1.CN1CCN(C)[C@H](CO)C1.C[C@@H]1CN(C)CCN1C.C[C@@H]1CN(C)C[C@@H](C)N1C.C[C@@H]1CN(C)C[C@H](C)N1C.C[C@@H]1CN(C)C[C@H](C)N1C.C[C@H]1CN(C)CCN1C.C[C@H]1CN(C)C[C@H](C)N1C. The van der Waals surface area contributed by atoms with Crippen molar-refractivity contribution in [2.45, 2.75) is 142 Å². The van der Waals surface area contributed by atoms with E-state index in [1.165, 1.54) is 118 Å². The van der Waals surface area contributed by atoms with Crippen molar-refractivity contribution in [1.29, 1.82) is 0 Å². The molecule has 0 aromatic heterocycles. The second-order valence-corrected chi connectivity index (χ2v) is 29.3. The van der Waals surface area contributed by atoms with Gasteiger partial charge in [0.25, 0.3) is 0 Å². The number of rotatable bonds is 2. The van der Waals surface area contributed by atoms with Gasteiger partial charge in [0, 0.05) is 230 Å². The van der Waals surface area contributed by atoms with Gasteiger partial charge in [0.1, 0.15) is 0 Å². The summed E-state index contributed by atoms with van der Waals surface area (Å²) < 4.78 is 0. The Bertz CT molecular complexity index is 1440. The van der Waals surface area contributed by atoms with Crippen LogP contribution in [0.15, 0.2) is 0 Å². The minimum Gasteiger partial charge on any atom is -0.395 e. The van der Waals surface area contributed by atoms with Crippen molar-refractivity contribution in [2.24, 2.45) is 0 Å². The zero-order chi connectivity index (χ0) is 65.7. The molecule has 0 spiro atoms. The molecule has 12 atom stereocenters. The molecule has 2 N–H and O–H groups in total. The summed E-state index contributed by atoms with van der Waals surface area (Å²) in [6.45, 7) is 51.7. The normalized spacial score (nSPS) is 34.4. The Labute approximate surface area is 535 Å². The Balaban J connectivity index is 0.000000484. The van der Waals surface area contributed by atoms with Crippen LogP contribution >= 0.6 is 0 Å². The van der Waals surface area contributed by atoms with E-state index in [4.69, 9.17) is 10.2 Å². The molecule has 0 aromatic carbocycles. The van der Waals surface area contributed by atoms with Gasteiger partial charge in [-0.05, 0) is 196 Å². The highest BCUT2D eigenvalue weighted by Gasteiger charge is 2.28. The fourth-order valence-corrected chi connectivity index (χ4v) is 12.6. The molecule has 0 aliphatic carbocycles. The van der Waals surface area contributed by atoms with Crippen LogP contribution in [-0.4, -0.2) is 468 Å². The lowest BCUT2D eigenvalue weighted by atomic mass is 10.1. The van der Waals surface area contributed by atoms with E-state index < -0.39 is 0 Å². The van der Waals surface area contributed by atoms with Crippen LogP contribution < -0.4 is 0 Å². The van der Waals surface area contributed by atoms with Gasteiger partial charge in [-0.3, -0.25) is 29.4 Å². The Morgan fingerprint density at radius 1 is 0.198 bits per heavy atom. The number of piperazine rings is 9. The first-order chi connectivity index (χ1) is 40.1. The maximum Gasteiger partial charge on any atom is 0.0599 e. The van der Waals surface area contributed by atoms with E-state index in [2.05, 4.69) is 284 Å². The van der Waals surface area contributed by atoms with Gasteiger partial charge in [-0.2, -0.15) is 0 Å². The highest BCUT2D eigenvalue weighted by molar-refractivity contribution is 4.85. The summed E-state index contributed by atoms with van der Waals surface area (Å²) in [6.07, 6.45) is 0. The maximum atomic E-state index is 8.91. The van der Waals surface area contributed by atoms with Crippen molar-refractivity contribution in [3.8, 4) is 0 Å². The highest BCUT2D eigenvalue weighted by atomic mass is 16.3. The van der Waals surface area contributed by atoms with E-state index in [1.807, 2.05) is 0 Å². The third kappa shape index (κ3) is 33.7. The van der Waals surface area contributed by atoms with Crippen LogP contribution in [0.2, 0.25) is 0 Å².